The van der Waals surface area contributed by atoms with E-state index in [1.807, 2.05) is 0 Å². The zero-order chi connectivity index (χ0) is 14.7. The summed E-state index contributed by atoms with van der Waals surface area (Å²) in [4.78, 5) is 2.78. The second kappa shape index (κ2) is 7.26. The van der Waals surface area contributed by atoms with Crippen LogP contribution in [0, 0.1) is 17.8 Å². The molecule has 118 valence electrons. The number of rotatable bonds is 4. The third kappa shape index (κ3) is 3.76. The van der Waals surface area contributed by atoms with E-state index in [1.165, 1.54) is 44.9 Å². The van der Waals surface area contributed by atoms with Gasteiger partial charge in [0.25, 0.3) is 0 Å². The van der Waals surface area contributed by atoms with Crippen molar-refractivity contribution in [2.75, 3.05) is 14.1 Å². The molecule has 0 bridgehead atoms. The van der Waals surface area contributed by atoms with E-state index in [9.17, 15) is 0 Å². The lowest BCUT2D eigenvalue weighted by Gasteiger charge is -2.47. The lowest BCUT2D eigenvalue weighted by molar-refractivity contribution is 0.0339. The normalized spacial score (nSPS) is 39.5. The molecule has 2 rings (SSSR count). The van der Waals surface area contributed by atoms with E-state index < -0.39 is 0 Å². The topological polar surface area (TPSA) is 15.3 Å². The highest BCUT2D eigenvalue weighted by atomic mass is 15.2. The van der Waals surface area contributed by atoms with Crippen LogP contribution in [0.5, 0.6) is 0 Å². The van der Waals surface area contributed by atoms with Crippen LogP contribution in [-0.4, -0.2) is 37.1 Å². The molecule has 3 atom stereocenters. The molecule has 2 nitrogen and oxygen atoms in total. The third-order valence-electron chi connectivity index (χ3n) is 6.19. The summed E-state index contributed by atoms with van der Waals surface area (Å²) in [6.45, 7) is 7.31. The molecule has 0 aliphatic heterocycles. The molecule has 2 saturated carbocycles. The van der Waals surface area contributed by atoms with E-state index in [-0.39, 0.29) is 0 Å². The fourth-order valence-electron chi connectivity index (χ4n) is 4.66. The number of nitrogens with one attached hydrogen (secondary N) is 1. The third-order valence-corrected chi connectivity index (χ3v) is 6.19. The Labute approximate surface area is 126 Å². The molecule has 0 amide bonds. The van der Waals surface area contributed by atoms with Crippen molar-refractivity contribution in [2.24, 2.45) is 17.8 Å². The van der Waals surface area contributed by atoms with E-state index in [2.05, 4.69) is 45.1 Å². The quantitative estimate of drug-likeness (QED) is 0.840. The van der Waals surface area contributed by atoms with Gasteiger partial charge in [-0.05, 0) is 70.4 Å². The fraction of sp³-hybridized carbons (Fsp3) is 1.00. The van der Waals surface area contributed by atoms with Gasteiger partial charge in [0.1, 0.15) is 0 Å². The standard InChI is InChI=1S/C18H36N2/c1-13(2)17-11-6-14(3)12-18(17)20(5)16-9-7-15(19-4)8-10-16/h13-19H,6-12H2,1-5H3. The summed E-state index contributed by atoms with van der Waals surface area (Å²) in [5, 5.41) is 3.46. The monoisotopic (exact) mass is 280 g/mol. The summed E-state index contributed by atoms with van der Waals surface area (Å²) in [5.41, 5.74) is 0. The van der Waals surface area contributed by atoms with E-state index >= 15 is 0 Å². The molecule has 3 unspecified atom stereocenters. The maximum Gasteiger partial charge on any atom is 0.0128 e. The average molecular weight is 281 g/mol. The summed E-state index contributed by atoms with van der Waals surface area (Å²) in [5.74, 6) is 2.67. The number of hydrogen-bond acceptors (Lipinski definition) is 2. The summed E-state index contributed by atoms with van der Waals surface area (Å²) in [7, 11) is 4.54. The van der Waals surface area contributed by atoms with Crippen molar-refractivity contribution in [3.63, 3.8) is 0 Å². The van der Waals surface area contributed by atoms with E-state index in [4.69, 9.17) is 0 Å². The predicted molar refractivity (Wildman–Crippen MR) is 88.0 cm³/mol. The first-order chi connectivity index (χ1) is 9.52. The minimum absolute atomic E-state index is 0.769. The SMILES string of the molecule is CNC1CCC(N(C)C2CC(C)CCC2C(C)C)CC1. The first-order valence-corrected chi connectivity index (χ1v) is 8.92. The highest BCUT2D eigenvalue weighted by molar-refractivity contribution is 4.91. The van der Waals surface area contributed by atoms with Crippen LogP contribution in [0.25, 0.3) is 0 Å². The second-order valence-electron chi connectivity index (χ2n) is 7.85. The van der Waals surface area contributed by atoms with Crippen LogP contribution in [0.1, 0.15) is 65.7 Å². The van der Waals surface area contributed by atoms with Gasteiger partial charge in [0.2, 0.25) is 0 Å². The zero-order valence-corrected chi connectivity index (χ0v) is 14.4. The molecule has 20 heavy (non-hydrogen) atoms. The molecule has 0 aromatic rings. The molecule has 0 spiro atoms. The Morgan fingerprint density at radius 3 is 2.20 bits per heavy atom. The molecule has 0 aromatic carbocycles. The molecular weight excluding hydrogens is 244 g/mol. The van der Waals surface area contributed by atoms with Crippen molar-refractivity contribution in [3.8, 4) is 0 Å². The Morgan fingerprint density at radius 1 is 1.00 bits per heavy atom. The summed E-state index contributed by atoms with van der Waals surface area (Å²) >= 11 is 0. The van der Waals surface area contributed by atoms with E-state index in [0.717, 1.165) is 35.9 Å². The number of nitrogens with zero attached hydrogens (tertiary/aromatic N) is 1. The van der Waals surface area contributed by atoms with Gasteiger partial charge in [-0.1, -0.05) is 27.2 Å². The van der Waals surface area contributed by atoms with Crippen LogP contribution in [0.2, 0.25) is 0 Å². The lowest BCUT2D eigenvalue weighted by Crippen LogP contribution is -2.50. The molecular formula is C18H36N2. The minimum Gasteiger partial charge on any atom is -0.317 e. The summed E-state index contributed by atoms with van der Waals surface area (Å²) in [6, 6.07) is 2.43. The Bertz CT molecular complexity index is 281. The first-order valence-electron chi connectivity index (χ1n) is 8.92. The van der Waals surface area contributed by atoms with Crippen molar-refractivity contribution < 1.29 is 0 Å². The van der Waals surface area contributed by atoms with Gasteiger partial charge in [0, 0.05) is 18.1 Å². The van der Waals surface area contributed by atoms with Crippen molar-refractivity contribution in [1.82, 2.24) is 10.2 Å². The van der Waals surface area contributed by atoms with E-state index in [0.29, 0.717) is 0 Å². The van der Waals surface area contributed by atoms with Crippen LogP contribution < -0.4 is 5.32 Å². The zero-order valence-electron chi connectivity index (χ0n) is 14.4. The van der Waals surface area contributed by atoms with Gasteiger partial charge in [-0.2, -0.15) is 0 Å². The fourth-order valence-corrected chi connectivity index (χ4v) is 4.66. The van der Waals surface area contributed by atoms with E-state index in [1.54, 1.807) is 0 Å². The molecule has 2 aliphatic carbocycles. The van der Waals surface area contributed by atoms with Crippen molar-refractivity contribution in [2.45, 2.75) is 83.8 Å². The summed E-state index contributed by atoms with van der Waals surface area (Å²) < 4.78 is 0. The molecule has 2 aliphatic rings. The van der Waals surface area contributed by atoms with Crippen molar-refractivity contribution >= 4 is 0 Å². The Morgan fingerprint density at radius 2 is 1.65 bits per heavy atom. The second-order valence-corrected chi connectivity index (χ2v) is 7.85. The summed E-state index contributed by atoms with van der Waals surface area (Å²) in [6.07, 6.45) is 9.81. The molecule has 2 fully saturated rings. The van der Waals surface area contributed by atoms with Crippen LogP contribution in [0.4, 0.5) is 0 Å². The molecule has 0 heterocycles. The first kappa shape index (κ1) is 16.3. The highest BCUT2D eigenvalue weighted by Crippen LogP contribution is 2.38. The van der Waals surface area contributed by atoms with Crippen LogP contribution in [0.15, 0.2) is 0 Å². The average Bonchev–Trinajstić information content (AvgIpc) is 2.46. The Kier molecular flexibility index (Phi) is 5.92. The highest BCUT2D eigenvalue weighted by Gasteiger charge is 2.36. The molecule has 2 heteroatoms. The Hall–Kier alpha value is -0.0800. The predicted octanol–water partition coefficient (Wildman–Crippen LogP) is 3.91. The van der Waals surface area contributed by atoms with Crippen LogP contribution in [0.3, 0.4) is 0 Å². The van der Waals surface area contributed by atoms with Gasteiger partial charge in [-0.3, -0.25) is 0 Å². The number of hydrogen-bond donors (Lipinski definition) is 1. The van der Waals surface area contributed by atoms with Gasteiger partial charge in [0.05, 0.1) is 0 Å². The molecule has 1 N–H and O–H groups in total. The minimum atomic E-state index is 0.769. The smallest absolute Gasteiger partial charge is 0.0128 e. The van der Waals surface area contributed by atoms with Crippen LogP contribution in [-0.2, 0) is 0 Å². The Balaban J connectivity index is 1.96. The van der Waals surface area contributed by atoms with Gasteiger partial charge < -0.3 is 10.2 Å². The lowest BCUT2D eigenvalue weighted by atomic mass is 9.72. The van der Waals surface area contributed by atoms with Gasteiger partial charge in [-0.25, -0.2) is 0 Å². The van der Waals surface area contributed by atoms with Crippen molar-refractivity contribution in [3.05, 3.63) is 0 Å². The maximum atomic E-state index is 3.46. The molecule has 0 aromatic heterocycles. The largest absolute Gasteiger partial charge is 0.317 e. The van der Waals surface area contributed by atoms with Crippen LogP contribution >= 0.6 is 0 Å². The molecule has 0 radical (unpaired) electrons. The maximum absolute atomic E-state index is 3.46. The van der Waals surface area contributed by atoms with Gasteiger partial charge >= 0.3 is 0 Å². The van der Waals surface area contributed by atoms with Gasteiger partial charge in [0.15, 0.2) is 0 Å². The van der Waals surface area contributed by atoms with Gasteiger partial charge in [-0.15, -0.1) is 0 Å². The van der Waals surface area contributed by atoms with Crippen molar-refractivity contribution in [1.29, 1.82) is 0 Å². The molecule has 0 saturated heterocycles.